The molecule has 1 aliphatic heterocycles. The molecule has 6 atom stereocenters. The monoisotopic (exact) mass is 462 g/mol. The van der Waals surface area contributed by atoms with Gasteiger partial charge in [-0.15, -0.1) is 0 Å². The Bertz CT molecular complexity index is 801. The van der Waals surface area contributed by atoms with Gasteiger partial charge in [-0.05, 0) is 91.4 Å². The lowest BCUT2D eigenvalue weighted by atomic mass is 9.58. The summed E-state index contributed by atoms with van der Waals surface area (Å²) in [7, 11) is 0. The zero-order valence-electron chi connectivity index (χ0n) is 21.5. The molecule has 33 heavy (non-hydrogen) atoms. The third-order valence-electron chi connectivity index (χ3n) is 8.62. The minimum atomic E-state index is -0.583. The number of ether oxygens (including phenoxy) is 3. The van der Waals surface area contributed by atoms with Crippen LogP contribution >= 0.6 is 0 Å². The van der Waals surface area contributed by atoms with Crippen molar-refractivity contribution in [3.63, 3.8) is 0 Å². The Morgan fingerprint density at radius 3 is 2.18 bits per heavy atom. The van der Waals surface area contributed by atoms with Crippen molar-refractivity contribution < 1.29 is 28.6 Å². The van der Waals surface area contributed by atoms with Crippen LogP contribution in [0, 0.1) is 28.6 Å². The van der Waals surface area contributed by atoms with E-state index in [0.717, 1.165) is 25.7 Å². The first-order valence-corrected chi connectivity index (χ1v) is 12.6. The van der Waals surface area contributed by atoms with E-state index in [9.17, 15) is 14.4 Å². The second-order valence-corrected chi connectivity index (χ2v) is 11.7. The van der Waals surface area contributed by atoms with Crippen LogP contribution in [0.1, 0.15) is 93.4 Å². The lowest BCUT2D eigenvalue weighted by Gasteiger charge is -2.50. The van der Waals surface area contributed by atoms with Crippen LogP contribution in [0.2, 0.25) is 0 Å². The lowest BCUT2D eigenvalue weighted by molar-refractivity contribution is -0.180. The summed E-state index contributed by atoms with van der Waals surface area (Å²) in [4.78, 5) is 38.1. The van der Waals surface area contributed by atoms with Crippen molar-refractivity contribution in [1.29, 1.82) is 0 Å². The van der Waals surface area contributed by atoms with Gasteiger partial charge in [-0.2, -0.15) is 0 Å². The van der Waals surface area contributed by atoms with E-state index in [1.165, 1.54) is 0 Å². The standard InChI is InChI=1S/C27H42O6/c1-9-20-21(32-24(30)27(20,8)10-2)17(5)31-23(29)25(6)12-18-11-19(13-25)15-26(7,14-18)33-22(28)16(3)4/h17-21H,3,9-15H2,1-2,4-8H3. The first-order chi connectivity index (χ1) is 15.3. The SMILES string of the molecule is C=C(C)C(=O)OC1(C)CC2CC(C1)CC(C)(C(=O)OC(C)C1OC(=O)C(C)(CC)C1CC)C2. The summed E-state index contributed by atoms with van der Waals surface area (Å²) in [5.74, 6) is -0.118. The molecule has 0 aromatic rings. The van der Waals surface area contributed by atoms with Crippen molar-refractivity contribution in [2.75, 3.05) is 0 Å². The third-order valence-corrected chi connectivity index (χ3v) is 8.62. The van der Waals surface area contributed by atoms with Crippen molar-refractivity contribution >= 4 is 17.9 Å². The van der Waals surface area contributed by atoms with Gasteiger partial charge >= 0.3 is 17.9 Å². The number of cyclic esters (lactones) is 1. The fourth-order valence-corrected chi connectivity index (χ4v) is 6.92. The van der Waals surface area contributed by atoms with Crippen molar-refractivity contribution in [2.24, 2.45) is 28.6 Å². The molecule has 2 bridgehead atoms. The first-order valence-electron chi connectivity index (χ1n) is 12.6. The topological polar surface area (TPSA) is 78.9 Å². The molecule has 0 amide bonds. The summed E-state index contributed by atoms with van der Waals surface area (Å²) in [5, 5.41) is 0. The molecule has 3 aliphatic rings. The number of hydrogen-bond donors (Lipinski definition) is 0. The molecule has 6 unspecified atom stereocenters. The molecule has 0 spiro atoms. The van der Waals surface area contributed by atoms with E-state index < -0.39 is 28.6 Å². The highest BCUT2D eigenvalue weighted by Crippen LogP contribution is 2.53. The summed E-state index contributed by atoms with van der Waals surface area (Å²) >= 11 is 0. The van der Waals surface area contributed by atoms with E-state index in [0.29, 0.717) is 36.7 Å². The van der Waals surface area contributed by atoms with E-state index in [-0.39, 0.29) is 23.8 Å². The van der Waals surface area contributed by atoms with Gasteiger partial charge in [0, 0.05) is 11.5 Å². The molecule has 6 heteroatoms. The Morgan fingerprint density at radius 1 is 1.12 bits per heavy atom. The van der Waals surface area contributed by atoms with Crippen LogP contribution in [0.3, 0.4) is 0 Å². The quantitative estimate of drug-likeness (QED) is 0.287. The van der Waals surface area contributed by atoms with Gasteiger partial charge in [0.05, 0.1) is 10.8 Å². The van der Waals surface area contributed by atoms with Gasteiger partial charge in [-0.1, -0.05) is 20.4 Å². The lowest BCUT2D eigenvalue weighted by Crippen LogP contribution is -2.49. The normalized spacial score (nSPS) is 41.1. The van der Waals surface area contributed by atoms with E-state index in [2.05, 4.69) is 13.5 Å². The Hall–Kier alpha value is -1.85. The largest absolute Gasteiger partial charge is 0.458 e. The maximum Gasteiger partial charge on any atom is 0.333 e. The molecular formula is C27H42O6. The molecule has 3 fully saturated rings. The van der Waals surface area contributed by atoms with Crippen LogP contribution < -0.4 is 0 Å². The number of hydrogen-bond acceptors (Lipinski definition) is 6. The van der Waals surface area contributed by atoms with Crippen LogP contribution in [0.5, 0.6) is 0 Å². The van der Waals surface area contributed by atoms with E-state index in [1.807, 2.05) is 34.6 Å². The first kappa shape index (κ1) is 25.8. The van der Waals surface area contributed by atoms with Crippen LogP contribution in [0.25, 0.3) is 0 Å². The van der Waals surface area contributed by atoms with Gasteiger partial charge in [-0.25, -0.2) is 4.79 Å². The predicted octanol–water partition coefficient (Wildman–Crippen LogP) is 5.38. The molecule has 2 aliphatic carbocycles. The molecule has 186 valence electrons. The van der Waals surface area contributed by atoms with Crippen molar-refractivity contribution in [1.82, 2.24) is 0 Å². The molecule has 6 nitrogen and oxygen atoms in total. The molecule has 2 saturated carbocycles. The molecule has 0 aromatic carbocycles. The van der Waals surface area contributed by atoms with Gasteiger partial charge in [0.2, 0.25) is 0 Å². The summed E-state index contributed by atoms with van der Waals surface area (Å²) in [6, 6.07) is 0. The predicted molar refractivity (Wildman–Crippen MR) is 125 cm³/mol. The zero-order valence-corrected chi connectivity index (χ0v) is 21.5. The average Bonchev–Trinajstić information content (AvgIpc) is 2.97. The number of fused-ring (bicyclic) bond motifs is 2. The highest BCUT2D eigenvalue weighted by atomic mass is 16.6. The summed E-state index contributed by atoms with van der Waals surface area (Å²) in [6.07, 6.45) is 4.57. The summed E-state index contributed by atoms with van der Waals surface area (Å²) in [5.41, 5.74) is -1.22. The number of carbonyl (C=O) groups is 3. The Kier molecular flexibility index (Phi) is 7.08. The Balaban J connectivity index is 1.66. The Labute approximate surface area is 198 Å². The van der Waals surface area contributed by atoms with Gasteiger partial charge in [-0.3, -0.25) is 9.59 Å². The third kappa shape index (κ3) is 4.85. The van der Waals surface area contributed by atoms with Crippen molar-refractivity contribution in [2.45, 2.75) is 111 Å². The maximum atomic E-state index is 13.4. The van der Waals surface area contributed by atoms with Gasteiger partial charge in [0.1, 0.15) is 17.8 Å². The minimum absolute atomic E-state index is 0.0278. The van der Waals surface area contributed by atoms with Crippen LogP contribution in [0.4, 0.5) is 0 Å². The molecule has 0 radical (unpaired) electrons. The van der Waals surface area contributed by atoms with Gasteiger partial charge < -0.3 is 14.2 Å². The minimum Gasteiger partial charge on any atom is -0.458 e. The van der Waals surface area contributed by atoms with Gasteiger partial charge in [0.25, 0.3) is 0 Å². The van der Waals surface area contributed by atoms with E-state index in [1.54, 1.807) is 6.92 Å². The highest BCUT2D eigenvalue weighted by molar-refractivity contribution is 5.87. The fraction of sp³-hybridized carbons (Fsp3) is 0.815. The van der Waals surface area contributed by atoms with Crippen LogP contribution in [-0.2, 0) is 28.6 Å². The summed E-state index contributed by atoms with van der Waals surface area (Å²) < 4.78 is 17.5. The smallest absolute Gasteiger partial charge is 0.333 e. The van der Waals surface area contributed by atoms with E-state index >= 15 is 0 Å². The van der Waals surface area contributed by atoms with Crippen molar-refractivity contribution in [3.05, 3.63) is 12.2 Å². The molecule has 0 N–H and O–H groups in total. The summed E-state index contributed by atoms with van der Waals surface area (Å²) in [6.45, 7) is 17.2. The Morgan fingerprint density at radius 2 is 1.70 bits per heavy atom. The maximum absolute atomic E-state index is 13.4. The number of esters is 3. The van der Waals surface area contributed by atoms with E-state index in [4.69, 9.17) is 14.2 Å². The van der Waals surface area contributed by atoms with Gasteiger partial charge in [0.15, 0.2) is 0 Å². The molecule has 1 saturated heterocycles. The number of rotatable bonds is 7. The molecular weight excluding hydrogens is 420 g/mol. The molecule has 3 rings (SSSR count). The molecule has 1 heterocycles. The molecule has 0 aromatic heterocycles. The van der Waals surface area contributed by atoms with Crippen molar-refractivity contribution in [3.8, 4) is 0 Å². The number of carbonyl (C=O) groups excluding carboxylic acids is 3. The highest BCUT2D eigenvalue weighted by Gasteiger charge is 2.56. The zero-order chi connectivity index (χ0) is 24.8. The van der Waals surface area contributed by atoms with Crippen LogP contribution in [-0.4, -0.2) is 35.7 Å². The average molecular weight is 463 g/mol. The second kappa shape index (κ2) is 9.07. The fourth-order valence-electron chi connectivity index (χ4n) is 6.92. The van der Waals surface area contributed by atoms with Crippen LogP contribution in [0.15, 0.2) is 12.2 Å². The second-order valence-electron chi connectivity index (χ2n) is 11.7.